The Morgan fingerprint density at radius 2 is 1.92 bits per heavy atom. The van der Waals surface area contributed by atoms with Gasteiger partial charge in [0, 0.05) is 15.8 Å². The Morgan fingerprint density at radius 1 is 1.19 bits per heavy atom. The van der Waals surface area contributed by atoms with E-state index in [9.17, 15) is 13.6 Å². The Morgan fingerprint density at radius 3 is 2.58 bits per heavy atom. The van der Waals surface area contributed by atoms with E-state index in [0.29, 0.717) is 12.2 Å². The molecule has 2 aromatic rings. The molecule has 0 fully saturated rings. The summed E-state index contributed by atoms with van der Waals surface area (Å²) < 4.78 is 29.2. The molecule has 2 aromatic carbocycles. The number of halogens is 3. The van der Waals surface area contributed by atoms with Crippen molar-refractivity contribution in [1.82, 2.24) is 10.2 Å². The summed E-state index contributed by atoms with van der Waals surface area (Å²) in [4.78, 5) is 14.5. The molecule has 0 atom stereocenters. The number of aryl methyl sites for hydroxylation is 1. The smallest absolute Gasteiger partial charge is 0.253 e. The second-order valence-electron chi connectivity index (χ2n) is 6.28. The zero-order valence-corrected chi connectivity index (χ0v) is 17.2. The van der Waals surface area contributed by atoms with Crippen LogP contribution in [0.3, 0.4) is 0 Å². The number of nitrogens with zero attached hydrogens (tertiary/aromatic N) is 1. The molecule has 0 aliphatic carbocycles. The lowest BCUT2D eigenvalue weighted by atomic mass is 10.1. The SMILES string of the molecule is Cc1cc(I)ccc1Nc1c(C(=O)NCCCN(C)C)ccc(F)c1F. The summed E-state index contributed by atoms with van der Waals surface area (Å²) in [5.74, 6) is -2.50. The highest BCUT2D eigenvalue weighted by Crippen LogP contribution is 2.28. The maximum atomic E-state index is 14.4. The van der Waals surface area contributed by atoms with E-state index in [2.05, 4.69) is 33.2 Å². The zero-order chi connectivity index (χ0) is 19.3. The number of amides is 1. The van der Waals surface area contributed by atoms with Gasteiger partial charge in [-0.2, -0.15) is 0 Å². The van der Waals surface area contributed by atoms with Crippen LogP contribution in [0.5, 0.6) is 0 Å². The second kappa shape index (κ2) is 9.27. The summed E-state index contributed by atoms with van der Waals surface area (Å²) in [6.45, 7) is 3.14. The summed E-state index contributed by atoms with van der Waals surface area (Å²) in [6.07, 6.45) is 0.765. The highest BCUT2D eigenvalue weighted by Gasteiger charge is 2.19. The zero-order valence-electron chi connectivity index (χ0n) is 15.0. The Kier molecular flexibility index (Phi) is 7.33. The molecular weight excluding hydrogens is 451 g/mol. The molecule has 4 nitrogen and oxygen atoms in total. The van der Waals surface area contributed by atoms with Crippen molar-refractivity contribution < 1.29 is 13.6 Å². The highest BCUT2D eigenvalue weighted by atomic mass is 127. The molecule has 0 saturated heterocycles. The average molecular weight is 473 g/mol. The van der Waals surface area contributed by atoms with Gasteiger partial charge in [0.05, 0.1) is 11.3 Å². The van der Waals surface area contributed by atoms with Crippen molar-refractivity contribution in [2.24, 2.45) is 0 Å². The van der Waals surface area contributed by atoms with E-state index >= 15 is 0 Å². The van der Waals surface area contributed by atoms with Crippen LogP contribution in [0, 0.1) is 22.1 Å². The number of benzene rings is 2. The van der Waals surface area contributed by atoms with E-state index < -0.39 is 17.5 Å². The lowest BCUT2D eigenvalue weighted by molar-refractivity contribution is 0.0952. The number of carbonyl (C=O) groups excluding carboxylic acids is 1. The Balaban J connectivity index is 2.24. The predicted octanol–water partition coefficient (Wildman–Crippen LogP) is 4.30. The van der Waals surface area contributed by atoms with Gasteiger partial charge in [0.1, 0.15) is 0 Å². The third kappa shape index (κ3) is 5.38. The first kappa shape index (κ1) is 20.6. The molecular formula is C19H22F2IN3O. The van der Waals surface area contributed by atoms with E-state index in [-0.39, 0.29) is 11.3 Å². The predicted molar refractivity (Wildman–Crippen MR) is 109 cm³/mol. The van der Waals surface area contributed by atoms with Gasteiger partial charge in [-0.05, 0) is 92.5 Å². The second-order valence-corrected chi connectivity index (χ2v) is 7.53. The van der Waals surface area contributed by atoms with Crippen LogP contribution in [0.15, 0.2) is 30.3 Å². The largest absolute Gasteiger partial charge is 0.352 e. The van der Waals surface area contributed by atoms with Gasteiger partial charge in [0.15, 0.2) is 11.6 Å². The molecule has 0 aliphatic heterocycles. The standard InChI is InChI=1S/C19H22F2IN3O/c1-12-11-13(22)5-8-16(12)24-18-14(6-7-15(20)17(18)21)19(26)23-9-4-10-25(2)3/h5-8,11,24H,4,9-10H2,1-3H3,(H,23,26). The molecule has 0 aromatic heterocycles. The van der Waals surface area contributed by atoms with Crippen molar-refractivity contribution in [1.29, 1.82) is 0 Å². The third-order valence-corrected chi connectivity index (χ3v) is 4.53. The van der Waals surface area contributed by atoms with Crippen molar-refractivity contribution >= 4 is 39.9 Å². The fourth-order valence-corrected chi connectivity index (χ4v) is 3.10. The molecule has 2 rings (SSSR count). The number of nitrogens with one attached hydrogen (secondary N) is 2. The molecule has 0 radical (unpaired) electrons. The summed E-state index contributed by atoms with van der Waals surface area (Å²) in [5, 5.41) is 5.63. The Hall–Kier alpha value is -1.74. The first-order chi connectivity index (χ1) is 12.3. The molecule has 0 aliphatic rings. The molecule has 0 heterocycles. The number of hydrogen-bond donors (Lipinski definition) is 2. The van der Waals surface area contributed by atoms with Crippen molar-refractivity contribution in [2.45, 2.75) is 13.3 Å². The van der Waals surface area contributed by atoms with Gasteiger partial charge in [-0.1, -0.05) is 0 Å². The van der Waals surface area contributed by atoms with Gasteiger partial charge < -0.3 is 15.5 Å². The Bertz CT molecular complexity index is 797. The summed E-state index contributed by atoms with van der Waals surface area (Å²) >= 11 is 2.18. The van der Waals surface area contributed by atoms with Gasteiger partial charge in [0.2, 0.25) is 0 Å². The maximum absolute atomic E-state index is 14.4. The van der Waals surface area contributed by atoms with Crippen LogP contribution in [0.25, 0.3) is 0 Å². The van der Waals surface area contributed by atoms with Gasteiger partial charge in [-0.3, -0.25) is 4.79 Å². The quantitative estimate of drug-likeness (QED) is 0.466. The van der Waals surface area contributed by atoms with Crippen LogP contribution in [0.4, 0.5) is 20.2 Å². The normalized spacial score (nSPS) is 10.9. The number of rotatable bonds is 7. The van der Waals surface area contributed by atoms with Crippen LogP contribution in [0.1, 0.15) is 22.3 Å². The molecule has 0 saturated carbocycles. The summed E-state index contributed by atoms with van der Waals surface area (Å²) in [7, 11) is 3.89. The lowest BCUT2D eigenvalue weighted by Crippen LogP contribution is -2.28. The molecule has 7 heteroatoms. The topological polar surface area (TPSA) is 44.4 Å². The number of hydrogen-bond acceptors (Lipinski definition) is 3. The van der Waals surface area contributed by atoms with Crippen LogP contribution < -0.4 is 10.6 Å². The molecule has 140 valence electrons. The van der Waals surface area contributed by atoms with Gasteiger partial charge in [-0.25, -0.2) is 8.78 Å². The van der Waals surface area contributed by atoms with Crippen molar-refractivity contribution in [3.05, 3.63) is 56.7 Å². The monoisotopic (exact) mass is 473 g/mol. The van der Waals surface area contributed by atoms with Crippen molar-refractivity contribution in [2.75, 3.05) is 32.5 Å². The minimum absolute atomic E-state index is 0.0757. The fourth-order valence-electron chi connectivity index (χ4n) is 2.46. The highest BCUT2D eigenvalue weighted by molar-refractivity contribution is 14.1. The summed E-state index contributed by atoms with van der Waals surface area (Å²) in [6, 6.07) is 7.81. The van der Waals surface area contributed by atoms with Crippen molar-refractivity contribution in [3.63, 3.8) is 0 Å². The molecule has 0 unspecified atom stereocenters. The van der Waals surface area contributed by atoms with Crippen LogP contribution in [-0.4, -0.2) is 38.0 Å². The van der Waals surface area contributed by atoms with Gasteiger partial charge in [-0.15, -0.1) is 0 Å². The molecule has 26 heavy (non-hydrogen) atoms. The number of anilines is 2. The van der Waals surface area contributed by atoms with E-state index in [1.807, 2.05) is 38.1 Å². The molecule has 1 amide bonds. The van der Waals surface area contributed by atoms with Crippen molar-refractivity contribution in [3.8, 4) is 0 Å². The van der Waals surface area contributed by atoms with Crippen LogP contribution in [0.2, 0.25) is 0 Å². The van der Waals surface area contributed by atoms with E-state index in [4.69, 9.17) is 0 Å². The Labute approximate surface area is 166 Å². The maximum Gasteiger partial charge on any atom is 0.253 e. The first-order valence-electron chi connectivity index (χ1n) is 8.23. The summed E-state index contributed by atoms with van der Waals surface area (Å²) in [5.41, 5.74) is 1.42. The minimum Gasteiger partial charge on any atom is -0.352 e. The van der Waals surface area contributed by atoms with Gasteiger partial charge in [0.25, 0.3) is 5.91 Å². The third-order valence-electron chi connectivity index (χ3n) is 3.86. The first-order valence-corrected chi connectivity index (χ1v) is 9.31. The lowest BCUT2D eigenvalue weighted by Gasteiger charge is -2.16. The van der Waals surface area contributed by atoms with Crippen LogP contribution >= 0.6 is 22.6 Å². The average Bonchev–Trinajstić information content (AvgIpc) is 2.57. The van der Waals surface area contributed by atoms with E-state index in [1.165, 1.54) is 6.07 Å². The fraction of sp³-hybridized carbons (Fsp3) is 0.316. The van der Waals surface area contributed by atoms with Crippen LogP contribution in [-0.2, 0) is 0 Å². The van der Waals surface area contributed by atoms with E-state index in [0.717, 1.165) is 28.2 Å². The molecule has 0 bridgehead atoms. The van der Waals surface area contributed by atoms with E-state index in [1.54, 1.807) is 6.07 Å². The molecule has 2 N–H and O–H groups in total. The minimum atomic E-state index is -1.07. The molecule has 0 spiro atoms. The number of carbonyl (C=O) groups is 1. The van der Waals surface area contributed by atoms with Gasteiger partial charge >= 0.3 is 0 Å².